The Hall–Kier alpha value is -1.35. The van der Waals surface area contributed by atoms with Crippen LogP contribution in [-0.4, -0.2) is 25.7 Å². The van der Waals surface area contributed by atoms with E-state index in [0.29, 0.717) is 18.7 Å². The van der Waals surface area contributed by atoms with E-state index in [4.69, 9.17) is 4.74 Å². The molecular weight excluding hydrogens is 214 g/mol. The second kappa shape index (κ2) is 7.85. The molecule has 1 rings (SSSR count). The van der Waals surface area contributed by atoms with Crippen molar-refractivity contribution < 1.29 is 9.53 Å². The largest absolute Gasteiger partial charge is 0.380 e. The summed E-state index contributed by atoms with van der Waals surface area (Å²) in [7, 11) is 0. The van der Waals surface area contributed by atoms with E-state index in [0.717, 1.165) is 19.4 Å². The van der Waals surface area contributed by atoms with Crippen LogP contribution in [0.2, 0.25) is 0 Å². The summed E-state index contributed by atoms with van der Waals surface area (Å²) in [4.78, 5) is 11.8. The topological polar surface area (TPSA) is 38.3 Å². The molecule has 1 N–H and O–H groups in total. The van der Waals surface area contributed by atoms with Crippen molar-refractivity contribution in [2.24, 2.45) is 0 Å². The third-order valence-corrected chi connectivity index (χ3v) is 2.43. The van der Waals surface area contributed by atoms with Crippen molar-refractivity contribution in [3.63, 3.8) is 0 Å². The monoisotopic (exact) mass is 235 g/mol. The summed E-state index contributed by atoms with van der Waals surface area (Å²) in [6, 6.07) is 0. The molecule has 0 bridgehead atoms. The van der Waals surface area contributed by atoms with E-state index in [9.17, 15) is 4.79 Å². The molecule has 1 aliphatic carbocycles. The van der Waals surface area contributed by atoms with Crippen LogP contribution in [0.25, 0.3) is 0 Å². The Labute approximate surface area is 103 Å². The molecule has 0 saturated heterocycles. The van der Waals surface area contributed by atoms with Crippen molar-refractivity contribution in [1.82, 2.24) is 5.32 Å². The molecule has 0 aromatic carbocycles. The fourth-order valence-corrected chi connectivity index (χ4v) is 1.46. The second-order valence-electron chi connectivity index (χ2n) is 4.11. The SMILES string of the molecule is CCCOCCNC(=O)C1=CC=C(C)CC=C1. The molecule has 0 atom stereocenters. The van der Waals surface area contributed by atoms with E-state index >= 15 is 0 Å². The van der Waals surface area contributed by atoms with Gasteiger partial charge in [0.1, 0.15) is 0 Å². The third-order valence-electron chi connectivity index (χ3n) is 2.43. The van der Waals surface area contributed by atoms with Crippen LogP contribution in [0.15, 0.2) is 35.5 Å². The molecule has 0 aromatic heterocycles. The minimum absolute atomic E-state index is 0.0349. The van der Waals surface area contributed by atoms with Crippen molar-refractivity contribution in [1.29, 1.82) is 0 Å². The van der Waals surface area contributed by atoms with E-state index in [1.165, 1.54) is 5.57 Å². The van der Waals surface area contributed by atoms with Crippen LogP contribution in [-0.2, 0) is 9.53 Å². The third kappa shape index (κ3) is 5.50. The number of hydrogen-bond acceptors (Lipinski definition) is 2. The van der Waals surface area contributed by atoms with Crippen molar-refractivity contribution >= 4 is 5.91 Å². The molecule has 0 saturated carbocycles. The number of rotatable bonds is 6. The maximum absolute atomic E-state index is 11.8. The zero-order valence-electron chi connectivity index (χ0n) is 10.7. The average molecular weight is 235 g/mol. The smallest absolute Gasteiger partial charge is 0.251 e. The van der Waals surface area contributed by atoms with Crippen LogP contribution in [0.5, 0.6) is 0 Å². The number of nitrogens with one attached hydrogen (secondary N) is 1. The first-order valence-electron chi connectivity index (χ1n) is 6.14. The fraction of sp³-hybridized carbons (Fsp3) is 0.500. The lowest BCUT2D eigenvalue weighted by Crippen LogP contribution is -2.28. The first kappa shape index (κ1) is 13.7. The van der Waals surface area contributed by atoms with Crippen molar-refractivity contribution in [2.45, 2.75) is 26.7 Å². The van der Waals surface area contributed by atoms with Crippen LogP contribution in [0.3, 0.4) is 0 Å². The van der Waals surface area contributed by atoms with Gasteiger partial charge in [-0.2, -0.15) is 0 Å². The number of carbonyl (C=O) groups is 1. The summed E-state index contributed by atoms with van der Waals surface area (Å²) >= 11 is 0. The molecular formula is C14H21NO2. The van der Waals surface area contributed by atoms with Crippen LogP contribution in [0, 0.1) is 0 Å². The zero-order chi connectivity index (χ0) is 12.5. The summed E-state index contributed by atoms with van der Waals surface area (Å²) in [6.45, 7) is 6.01. The lowest BCUT2D eigenvalue weighted by Gasteiger charge is -2.05. The molecule has 17 heavy (non-hydrogen) atoms. The van der Waals surface area contributed by atoms with Gasteiger partial charge in [0, 0.05) is 18.7 Å². The minimum Gasteiger partial charge on any atom is -0.380 e. The van der Waals surface area contributed by atoms with E-state index < -0.39 is 0 Å². The van der Waals surface area contributed by atoms with Crippen molar-refractivity contribution in [2.75, 3.05) is 19.8 Å². The normalized spacial score (nSPS) is 14.9. The predicted octanol–water partition coefficient (Wildman–Crippen LogP) is 2.36. The Morgan fingerprint density at radius 1 is 1.41 bits per heavy atom. The Bertz CT molecular complexity index is 340. The summed E-state index contributed by atoms with van der Waals surface area (Å²) in [6.07, 6.45) is 9.65. The van der Waals surface area contributed by atoms with Crippen LogP contribution in [0.1, 0.15) is 26.7 Å². The molecule has 0 aromatic rings. The van der Waals surface area contributed by atoms with E-state index in [2.05, 4.69) is 19.2 Å². The highest BCUT2D eigenvalue weighted by molar-refractivity contribution is 5.96. The predicted molar refractivity (Wildman–Crippen MR) is 69.7 cm³/mol. The quantitative estimate of drug-likeness (QED) is 0.718. The minimum atomic E-state index is -0.0349. The van der Waals surface area contributed by atoms with E-state index in [1.807, 2.05) is 24.3 Å². The molecule has 0 unspecified atom stereocenters. The Balaban J connectivity index is 2.32. The summed E-state index contributed by atoms with van der Waals surface area (Å²) in [5, 5.41) is 2.84. The first-order valence-corrected chi connectivity index (χ1v) is 6.14. The summed E-state index contributed by atoms with van der Waals surface area (Å²) in [5.74, 6) is -0.0349. The molecule has 1 aliphatic rings. The van der Waals surface area contributed by atoms with E-state index in [-0.39, 0.29) is 5.91 Å². The van der Waals surface area contributed by atoms with E-state index in [1.54, 1.807) is 0 Å². The van der Waals surface area contributed by atoms with Gasteiger partial charge in [-0.15, -0.1) is 0 Å². The lowest BCUT2D eigenvalue weighted by atomic mass is 10.2. The van der Waals surface area contributed by atoms with Gasteiger partial charge in [0.2, 0.25) is 0 Å². The van der Waals surface area contributed by atoms with Crippen LogP contribution >= 0.6 is 0 Å². The van der Waals surface area contributed by atoms with Crippen molar-refractivity contribution in [3.05, 3.63) is 35.5 Å². The number of hydrogen-bond donors (Lipinski definition) is 1. The van der Waals surface area contributed by atoms with Gasteiger partial charge in [-0.05, 0) is 25.8 Å². The number of ether oxygens (including phenoxy) is 1. The molecule has 0 radical (unpaired) electrons. The van der Waals surface area contributed by atoms with Gasteiger partial charge in [0.05, 0.1) is 6.61 Å². The molecule has 94 valence electrons. The van der Waals surface area contributed by atoms with Crippen LogP contribution < -0.4 is 5.32 Å². The van der Waals surface area contributed by atoms with Gasteiger partial charge in [-0.3, -0.25) is 4.79 Å². The maximum Gasteiger partial charge on any atom is 0.251 e. The first-order chi connectivity index (χ1) is 8.24. The summed E-state index contributed by atoms with van der Waals surface area (Å²) in [5.41, 5.74) is 1.97. The second-order valence-corrected chi connectivity index (χ2v) is 4.11. The van der Waals surface area contributed by atoms with Crippen molar-refractivity contribution in [3.8, 4) is 0 Å². The zero-order valence-corrected chi connectivity index (χ0v) is 10.7. The Morgan fingerprint density at radius 2 is 2.24 bits per heavy atom. The number of allylic oxidation sites excluding steroid dienone is 4. The number of amides is 1. The molecule has 3 heteroatoms. The van der Waals surface area contributed by atoms with Crippen LogP contribution in [0.4, 0.5) is 0 Å². The van der Waals surface area contributed by atoms with Gasteiger partial charge >= 0.3 is 0 Å². The molecule has 0 heterocycles. The standard InChI is InChI=1S/C14H21NO2/c1-3-10-17-11-9-15-14(16)13-6-4-5-12(2)7-8-13/h4,6-8H,3,5,9-11H2,1-2H3,(H,15,16). The Morgan fingerprint density at radius 3 is 3.00 bits per heavy atom. The highest BCUT2D eigenvalue weighted by atomic mass is 16.5. The van der Waals surface area contributed by atoms with Gasteiger partial charge in [-0.1, -0.05) is 30.7 Å². The Kier molecular flexibility index (Phi) is 6.33. The molecule has 1 amide bonds. The summed E-state index contributed by atoms with van der Waals surface area (Å²) < 4.78 is 5.30. The van der Waals surface area contributed by atoms with Gasteiger partial charge in [-0.25, -0.2) is 0 Å². The van der Waals surface area contributed by atoms with Gasteiger partial charge in [0.25, 0.3) is 5.91 Å². The lowest BCUT2D eigenvalue weighted by molar-refractivity contribution is -0.117. The highest BCUT2D eigenvalue weighted by Gasteiger charge is 2.06. The molecule has 0 fully saturated rings. The molecule has 0 spiro atoms. The molecule has 0 aliphatic heterocycles. The highest BCUT2D eigenvalue weighted by Crippen LogP contribution is 2.10. The number of carbonyl (C=O) groups excluding carboxylic acids is 1. The fourth-order valence-electron chi connectivity index (χ4n) is 1.46. The molecule has 3 nitrogen and oxygen atoms in total. The van der Waals surface area contributed by atoms with Gasteiger partial charge in [0.15, 0.2) is 0 Å². The van der Waals surface area contributed by atoms with Gasteiger partial charge < -0.3 is 10.1 Å². The average Bonchev–Trinajstić information content (AvgIpc) is 2.53. The maximum atomic E-state index is 11.8.